The van der Waals surface area contributed by atoms with Gasteiger partial charge in [-0.1, -0.05) is 6.07 Å². The summed E-state index contributed by atoms with van der Waals surface area (Å²) in [6.45, 7) is 1.88. The maximum atomic E-state index is 11.7. The number of thioether (sulfide) groups is 1. The van der Waals surface area contributed by atoms with Crippen LogP contribution >= 0.6 is 11.8 Å². The first-order valence-electron chi connectivity index (χ1n) is 4.87. The molecule has 0 heterocycles. The van der Waals surface area contributed by atoms with Crippen LogP contribution < -0.4 is 5.32 Å². The van der Waals surface area contributed by atoms with E-state index >= 15 is 0 Å². The van der Waals surface area contributed by atoms with Gasteiger partial charge in [0.2, 0.25) is 0 Å². The lowest BCUT2D eigenvalue weighted by molar-refractivity contribution is 0.0940. The molecule has 1 aromatic rings. The Bertz CT molecular complexity index is 381. The minimum atomic E-state index is -0.380. The summed E-state index contributed by atoms with van der Waals surface area (Å²) in [5, 5.41) is 21.5. The molecule has 1 aromatic carbocycles. The zero-order chi connectivity index (χ0) is 12.1. The maximum absolute atomic E-state index is 11.7. The number of rotatable bonds is 4. The summed E-state index contributed by atoms with van der Waals surface area (Å²) in [6.07, 6.45) is 1.95. The second-order valence-corrected chi connectivity index (χ2v) is 4.41. The molecule has 0 radical (unpaired) electrons. The minimum absolute atomic E-state index is 0.0178. The van der Waals surface area contributed by atoms with Crippen molar-refractivity contribution in [2.24, 2.45) is 0 Å². The van der Waals surface area contributed by atoms with E-state index in [0.717, 1.165) is 5.75 Å². The maximum Gasteiger partial charge on any atom is 0.255 e. The summed E-state index contributed by atoms with van der Waals surface area (Å²) in [4.78, 5) is 11.7. The third-order valence-electron chi connectivity index (χ3n) is 2.05. The lowest BCUT2D eigenvalue weighted by Gasteiger charge is -2.13. The molecule has 0 aliphatic heterocycles. The molecule has 0 aliphatic rings. The number of nitrogens with one attached hydrogen (secondary N) is 1. The Hall–Kier alpha value is -1.36. The van der Waals surface area contributed by atoms with Crippen molar-refractivity contribution in [2.75, 3.05) is 12.0 Å². The third-order valence-corrected chi connectivity index (χ3v) is 2.89. The Morgan fingerprint density at radius 2 is 2.19 bits per heavy atom. The van der Waals surface area contributed by atoms with Crippen LogP contribution in [-0.2, 0) is 0 Å². The van der Waals surface area contributed by atoms with Crippen LogP contribution in [0.3, 0.4) is 0 Å². The van der Waals surface area contributed by atoms with E-state index in [1.807, 2.05) is 13.2 Å². The second-order valence-electron chi connectivity index (χ2n) is 3.50. The molecule has 0 fully saturated rings. The zero-order valence-corrected chi connectivity index (χ0v) is 10.0. The van der Waals surface area contributed by atoms with Gasteiger partial charge >= 0.3 is 0 Å². The Morgan fingerprint density at radius 1 is 1.50 bits per heavy atom. The van der Waals surface area contributed by atoms with E-state index in [-0.39, 0.29) is 29.0 Å². The van der Waals surface area contributed by atoms with Crippen LogP contribution in [0.15, 0.2) is 18.2 Å². The van der Waals surface area contributed by atoms with Gasteiger partial charge in [0.1, 0.15) is 0 Å². The quantitative estimate of drug-likeness (QED) is 0.700. The summed E-state index contributed by atoms with van der Waals surface area (Å²) in [5.74, 6) is -0.248. The molecule has 0 aliphatic carbocycles. The molecule has 0 spiro atoms. The molecule has 3 N–H and O–H groups in total. The lowest BCUT2D eigenvalue weighted by atomic mass is 10.1. The Balaban J connectivity index is 2.77. The van der Waals surface area contributed by atoms with Crippen LogP contribution in [0.5, 0.6) is 11.5 Å². The van der Waals surface area contributed by atoms with Gasteiger partial charge in [0.15, 0.2) is 11.5 Å². The summed E-state index contributed by atoms with van der Waals surface area (Å²) in [7, 11) is 0. The Kier molecular flexibility index (Phi) is 4.49. The zero-order valence-electron chi connectivity index (χ0n) is 9.23. The van der Waals surface area contributed by atoms with Crippen LogP contribution in [0, 0.1) is 0 Å². The van der Waals surface area contributed by atoms with E-state index in [4.69, 9.17) is 0 Å². The van der Waals surface area contributed by atoms with Gasteiger partial charge in [-0.05, 0) is 25.3 Å². The van der Waals surface area contributed by atoms with Crippen molar-refractivity contribution in [2.45, 2.75) is 13.0 Å². The normalized spacial score (nSPS) is 12.1. The molecule has 16 heavy (non-hydrogen) atoms. The van der Waals surface area contributed by atoms with Gasteiger partial charge in [0.25, 0.3) is 5.91 Å². The average molecular weight is 241 g/mol. The van der Waals surface area contributed by atoms with Crippen LogP contribution in [0.2, 0.25) is 0 Å². The van der Waals surface area contributed by atoms with Crippen LogP contribution in [0.25, 0.3) is 0 Å². The first kappa shape index (κ1) is 12.7. The number of aromatic hydroxyl groups is 2. The molecule has 1 unspecified atom stereocenters. The minimum Gasteiger partial charge on any atom is -0.504 e. The van der Waals surface area contributed by atoms with E-state index in [9.17, 15) is 15.0 Å². The highest BCUT2D eigenvalue weighted by molar-refractivity contribution is 7.98. The van der Waals surface area contributed by atoms with Crippen LogP contribution in [0.4, 0.5) is 0 Å². The number of amides is 1. The lowest BCUT2D eigenvalue weighted by Crippen LogP contribution is -2.34. The molecule has 4 nitrogen and oxygen atoms in total. The fourth-order valence-corrected chi connectivity index (χ4v) is 1.89. The smallest absolute Gasteiger partial charge is 0.255 e. The molecular weight excluding hydrogens is 226 g/mol. The number of phenols is 2. The molecule has 0 saturated carbocycles. The van der Waals surface area contributed by atoms with Crippen molar-refractivity contribution in [3.63, 3.8) is 0 Å². The summed E-state index contributed by atoms with van der Waals surface area (Å²) in [6, 6.07) is 4.33. The van der Waals surface area contributed by atoms with Crippen molar-refractivity contribution in [3.8, 4) is 11.5 Å². The Morgan fingerprint density at radius 3 is 2.81 bits per heavy atom. The van der Waals surface area contributed by atoms with Crippen molar-refractivity contribution in [1.29, 1.82) is 0 Å². The fraction of sp³-hybridized carbons (Fsp3) is 0.364. The van der Waals surface area contributed by atoms with Crippen molar-refractivity contribution in [3.05, 3.63) is 23.8 Å². The van der Waals surface area contributed by atoms with Gasteiger partial charge in [-0.25, -0.2) is 0 Å². The first-order chi connectivity index (χ1) is 7.56. The number of carbonyl (C=O) groups is 1. The molecule has 0 saturated heterocycles. The van der Waals surface area contributed by atoms with Gasteiger partial charge in [0.05, 0.1) is 5.56 Å². The van der Waals surface area contributed by atoms with Crippen LogP contribution in [-0.4, -0.2) is 34.2 Å². The van der Waals surface area contributed by atoms with E-state index < -0.39 is 0 Å². The summed E-state index contributed by atoms with van der Waals surface area (Å²) >= 11 is 1.63. The molecule has 1 amide bonds. The summed E-state index contributed by atoms with van der Waals surface area (Å²) < 4.78 is 0. The highest BCUT2D eigenvalue weighted by atomic mass is 32.2. The number of carbonyl (C=O) groups excluding carboxylic acids is 1. The molecule has 0 bridgehead atoms. The van der Waals surface area contributed by atoms with Crippen molar-refractivity contribution >= 4 is 17.7 Å². The van der Waals surface area contributed by atoms with Gasteiger partial charge in [-0.2, -0.15) is 11.8 Å². The molecule has 1 atom stereocenters. The van der Waals surface area contributed by atoms with Gasteiger partial charge < -0.3 is 15.5 Å². The molecule has 88 valence electrons. The SMILES string of the molecule is CSCC(C)NC(=O)c1cccc(O)c1O. The monoisotopic (exact) mass is 241 g/mol. The van der Waals surface area contributed by atoms with E-state index in [1.54, 1.807) is 11.8 Å². The topological polar surface area (TPSA) is 69.6 Å². The highest BCUT2D eigenvalue weighted by Gasteiger charge is 2.15. The second kappa shape index (κ2) is 5.65. The molecule has 5 heteroatoms. The van der Waals surface area contributed by atoms with Gasteiger partial charge in [0, 0.05) is 11.8 Å². The van der Waals surface area contributed by atoms with Crippen molar-refractivity contribution in [1.82, 2.24) is 5.32 Å². The summed E-state index contributed by atoms with van der Waals surface area (Å²) in [5.41, 5.74) is 0.0907. The molecule has 0 aromatic heterocycles. The predicted molar refractivity (Wildman–Crippen MR) is 65.1 cm³/mol. The Labute approximate surface area is 98.7 Å². The highest BCUT2D eigenvalue weighted by Crippen LogP contribution is 2.27. The number of hydrogen-bond acceptors (Lipinski definition) is 4. The first-order valence-corrected chi connectivity index (χ1v) is 6.26. The number of phenolic OH excluding ortho intramolecular Hbond substituents is 2. The van der Waals surface area contributed by atoms with Gasteiger partial charge in [-0.15, -0.1) is 0 Å². The standard InChI is InChI=1S/C11H15NO3S/c1-7(6-16-2)12-11(15)8-4-3-5-9(13)10(8)14/h3-5,7,13-14H,6H2,1-2H3,(H,12,15). The van der Waals surface area contributed by atoms with Gasteiger partial charge in [-0.3, -0.25) is 4.79 Å². The molecule has 1 rings (SSSR count). The van der Waals surface area contributed by atoms with Crippen LogP contribution in [0.1, 0.15) is 17.3 Å². The number of benzene rings is 1. The average Bonchev–Trinajstić information content (AvgIpc) is 2.22. The van der Waals surface area contributed by atoms with E-state index in [0.29, 0.717) is 0 Å². The van der Waals surface area contributed by atoms with E-state index in [2.05, 4.69) is 5.32 Å². The van der Waals surface area contributed by atoms with Crippen molar-refractivity contribution < 1.29 is 15.0 Å². The fourth-order valence-electron chi connectivity index (χ4n) is 1.31. The third kappa shape index (κ3) is 3.06. The van der Waals surface area contributed by atoms with E-state index in [1.165, 1.54) is 18.2 Å². The number of para-hydroxylation sites is 1. The largest absolute Gasteiger partial charge is 0.504 e. The molecular formula is C11H15NO3S. The number of hydrogen-bond donors (Lipinski definition) is 3. The predicted octanol–water partition coefficient (Wildman–Crippen LogP) is 1.58.